The number of nitrogens with zero attached hydrogens (tertiary/aromatic N) is 3. The third-order valence-corrected chi connectivity index (χ3v) is 5.46. The summed E-state index contributed by atoms with van der Waals surface area (Å²) in [6, 6.07) is 7.30. The van der Waals surface area contributed by atoms with Gasteiger partial charge < -0.3 is 15.5 Å². The molecule has 0 saturated heterocycles. The standard InChI is InChI=1S/C16H19N5O2S2/c1-10(2)7-17-15-19-20-16(25-15)24-9-14(23)21-8-13(22)18-11-5-3-4-6-12(11)21/h3-6,10H,7-9H2,1-2H3,(H,17,19)(H,18,22). The molecule has 0 atom stereocenters. The number of carbonyl (C=O) groups excluding carboxylic acids is 2. The first-order valence-electron chi connectivity index (χ1n) is 7.92. The topological polar surface area (TPSA) is 87.2 Å². The van der Waals surface area contributed by atoms with Gasteiger partial charge in [0, 0.05) is 6.54 Å². The van der Waals surface area contributed by atoms with Crippen LogP contribution >= 0.6 is 23.1 Å². The van der Waals surface area contributed by atoms with Crippen molar-refractivity contribution < 1.29 is 9.59 Å². The summed E-state index contributed by atoms with van der Waals surface area (Å²) < 4.78 is 0.731. The number of aromatic nitrogens is 2. The molecule has 2 heterocycles. The van der Waals surface area contributed by atoms with Crippen molar-refractivity contribution in [3.63, 3.8) is 0 Å². The fraction of sp³-hybridized carbons (Fsp3) is 0.375. The Bertz CT molecular complexity index is 777. The molecule has 2 amide bonds. The van der Waals surface area contributed by atoms with Crippen LogP contribution in [0.5, 0.6) is 0 Å². The molecule has 9 heteroatoms. The first-order valence-corrected chi connectivity index (χ1v) is 9.72. The van der Waals surface area contributed by atoms with Gasteiger partial charge in [-0.15, -0.1) is 10.2 Å². The van der Waals surface area contributed by atoms with E-state index in [0.717, 1.165) is 21.7 Å². The van der Waals surface area contributed by atoms with Gasteiger partial charge in [0.2, 0.25) is 16.9 Å². The van der Waals surface area contributed by atoms with E-state index in [1.165, 1.54) is 28.0 Å². The molecule has 1 aliphatic rings. The monoisotopic (exact) mass is 377 g/mol. The molecule has 0 saturated carbocycles. The number of fused-ring (bicyclic) bond motifs is 1. The first kappa shape index (κ1) is 17.7. The van der Waals surface area contributed by atoms with Crippen molar-refractivity contribution in [3.8, 4) is 0 Å². The lowest BCUT2D eigenvalue weighted by molar-refractivity contribution is -0.120. The number of rotatable bonds is 6. The third-order valence-electron chi connectivity index (χ3n) is 3.46. The summed E-state index contributed by atoms with van der Waals surface area (Å²) >= 11 is 2.76. The van der Waals surface area contributed by atoms with Crippen LogP contribution in [0.15, 0.2) is 28.6 Å². The molecule has 132 valence electrons. The molecule has 0 fully saturated rings. The van der Waals surface area contributed by atoms with Crippen molar-refractivity contribution in [1.29, 1.82) is 0 Å². The summed E-state index contributed by atoms with van der Waals surface area (Å²) in [5.41, 5.74) is 1.39. The van der Waals surface area contributed by atoms with Gasteiger partial charge in [-0.1, -0.05) is 49.1 Å². The molecule has 0 aliphatic carbocycles. The number of para-hydroxylation sites is 2. The Balaban J connectivity index is 1.61. The number of hydrogen-bond acceptors (Lipinski definition) is 7. The Labute approximate surface area is 154 Å². The van der Waals surface area contributed by atoms with Gasteiger partial charge in [0.25, 0.3) is 0 Å². The smallest absolute Gasteiger partial charge is 0.244 e. The summed E-state index contributed by atoms with van der Waals surface area (Å²) in [6.45, 7) is 5.11. The summed E-state index contributed by atoms with van der Waals surface area (Å²) in [5, 5.41) is 14.9. The Morgan fingerprint density at radius 3 is 3.00 bits per heavy atom. The van der Waals surface area contributed by atoms with E-state index in [1.807, 2.05) is 18.2 Å². The van der Waals surface area contributed by atoms with Gasteiger partial charge in [0.15, 0.2) is 4.34 Å². The van der Waals surface area contributed by atoms with Crippen LogP contribution in [0, 0.1) is 5.92 Å². The molecular formula is C16H19N5O2S2. The lowest BCUT2D eigenvalue weighted by Crippen LogP contribution is -2.43. The van der Waals surface area contributed by atoms with E-state index in [9.17, 15) is 9.59 Å². The molecule has 2 aromatic rings. The average molecular weight is 377 g/mol. The van der Waals surface area contributed by atoms with E-state index in [4.69, 9.17) is 0 Å². The van der Waals surface area contributed by atoms with E-state index in [1.54, 1.807) is 6.07 Å². The van der Waals surface area contributed by atoms with E-state index < -0.39 is 0 Å². The quantitative estimate of drug-likeness (QED) is 0.753. The fourth-order valence-electron chi connectivity index (χ4n) is 2.29. The minimum absolute atomic E-state index is 0.0354. The summed E-state index contributed by atoms with van der Waals surface area (Å²) in [4.78, 5) is 25.9. The van der Waals surface area contributed by atoms with Crippen LogP contribution < -0.4 is 15.5 Å². The Kier molecular flexibility index (Phi) is 5.54. The summed E-state index contributed by atoms with van der Waals surface area (Å²) in [6.07, 6.45) is 0. The lowest BCUT2D eigenvalue weighted by atomic mass is 10.2. The Morgan fingerprint density at radius 2 is 2.20 bits per heavy atom. The SMILES string of the molecule is CC(C)CNc1nnc(SCC(=O)N2CC(=O)Nc3ccccc32)s1. The highest BCUT2D eigenvalue weighted by atomic mass is 32.2. The van der Waals surface area contributed by atoms with Crippen LogP contribution in [0.4, 0.5) is 16.5 Å². The van der Waals surface area contributed by atoms with Crippen LogP contribution in [-0.4, -0.2) is 40.9 Å². The molecule has 25 heavy (non-hydrogen) atoms. The highest BCUT2D eigenvalue weighted by Gasteiger charge is 2.26. The van der Waals surface area contributed by atoms with E-state index in [0.29, 0.717) is 11.6 Å². The molecule has 3 rings (SSSR count). The Hall–Kier alpha value is -2.13. The van der Waals surface area contributed by atoms with E-state index in [2.05, 4.69) is 34.7 Å². The van der Waals surface area contributed by atoms with Crippen LogP contribution in [0.25, 0.3) is 0 Å². The second-order valence-electron chi connectivity index (χ2n) is 5.98. The third kappa shape index (κ3) is 4.49. The fourth-order valence-corrected chi connectivity index (χ4v) is 3.92. The van der Waals surface area contributed by atoms with Crippen molar-refractivity contribution in [3.05, 3.63) is 24.3 Å². The molecule has 1 aromatic carbocycles. The molecule has 0 unspecified atom stereocenters. The van der Waals surface area contributed by atoms with Crippen molar-refractivity contribution in [1.82, 2.24) is 10.2 Å². The molecule has 2 N–H and O–H groups in total. The number of thioether (sulfide) groups is 1. The van der Waals surface area contributed by atoms with Gasteiger partial charge >= 0.3 is 0 Å². The van der Waals surface area contributed by atoms with Gasteiger partial charge in [-0.3, -0.25) is 9.59 Å². The van der Waals surface area contributed by atoms with Crippen molar-refractivity contribution in [2.75, 3.05) is 34.4 Å². The normalized spacial score (nSPS) is 13.6. The largest absolute Gasteiger partial charge is 0.360 e. The lowest BCUT2D eigenvalue weighted by Gasteiger charge is -2.28. The number of nitrogens with one attached hydrogen (secondary N) is 2. The number of hydrogen-bond donors (Lipinski definition) is 2. The van der Waals surface area contributed by atoms with Crippen LogP contribution in [0.3, 0.4) is 0 Å². The van der Waals surface area contributed by atoms with Crippen LogP contribution in [0.1, 0.15) is 13.8 Å². The maximum atomic E-state index is 12.6. The van der Waals surface area contributed by atoms with Gasteiger partial charge in [-0.25, -0.2) is 0 Å². The molecule has 1 aromatic heterocycles. The zero-order valence-electron chi connectivity index (χ0n) is 14.0. The number of anilines is 3. The second-order valence-corrected chi connectivity index (χ2v) is 8.18. The highest BCUT2D eigenvalue weighted by molar-refractivity contribution is 8.01. The van der Waals surface area contributed by atoms with E-state index in [-0.39, 0.29) is 24.1 Å². The maximum absolute atomic E-state index is 12.6. The first-order chi connectivity index (χ1) is 12.0. The van der Waals surface area contributed by atoms with E-state index >= 15 is 0 Å². The summed E-state index contributed by atoms with van der Waals surface area (Å²) in [7, 11) is 0. The average Bonchev–Trinajstić information content (AvgIpc) is 3.05. The summed E-state index contributed by atoms with van der Waals surface area (Å²) in [5.74, 6) is 0.416. The highest BCUT2D eigenvalue weighted by Crippen LogP contribution is 2.31. The molecule has 0 spiro atoms. The predicted molar refractivity (Wildman–Crippen MR) is 101 cm³/mol. The van der Waals surface area contributed by atoms with Crippen molar-refractivity contribution in [2.45, 2.75) is 18.2 Å². The van der Waals surface area contributed by atoms with Crippen LogP contribution in [0.2, 0.25) is 0 Å². The minimum Gasteiger partial charge on any atom is -0.360 e. The minimum atomic E-state index is -0.187. The molecule has 0 radical (unpaired) electrons. The van der Waals surface area contributed by atoms with Gasteiger partial charge in [0.1, 0.15) is 6.54 Å². The van der Waals surface area contributed by atoms with Gasteiger partial charge in [0.05, 0.1) is 17.1 Å². The van der Waals surface area contributed by atoms with Gasteiger partial charge in [-0.05, 0) is 18.1 Å². The maximum Gasteiger partial charge on any atom is 0.244 e. The number of benzene rings is 1. The predicted octanol–water partition coefficient (Wildman–Crippen LogP) is 2.68. The second kappa shape index (κ2) is 7.83. The zero-order chi connectivity index (χ0) is 17.8. The molecule has 7 nitrogen and oxygen atoms in total. The van der Waals surface area contributed by atoms with Crippen LogP contribution in [-0.2, 0) is 9.59 Å². The Morgan fingerprint density at radius 1 is 1.40 bits per heavy atom. The van der Waals surface area contributed by atoms with Crippen molar-refractivity contribution >= 4 is 51.4 Å². The van der Waals surface area contributed by atoms with Gasteiger partial charge in [-0.2, -0.15) is 0 Å². The zero-order valence-corrected chi connectivity index (χ0v) is 15.6. The molecular weight excluding hydrogens is 358 g/mol. The number of amides is 2. The molecule has 1 aliphatic heterocycles. The van der Waals surface area contributed by atoms with Crippen molar-refractivity contribution in [2.24, 2.45) is 5.92 Å². The number of carbonyl (C=O) groups is 2. The molecule has 0 bridgehead atoms.